The van der Waals surface area contributed by atoms with E-state index in [9.17, 15) is 18.0 Å². The molecule has 0 fully saturated rings. The second-order valence-electron chi connectivity index (χ2n) is 6.04. The van der Waals surface area contributed by atoms with Gasteiger partial charge in [-0.15, -0.1) is 0 Å². The van der Waals surface area contributed by atoms with Gasteiger partial charge in [-0.2, -0.15) is 13.2 Å². The maximum Gasteiger partial charge on any atom is 0.417 e. The topological polar surface area (TPSA) is 69.6 Å². The molecule has 3 rings (SSSR count). The van der Waals surface area contributed by atoms with Gasteiger partial charge in [-0.3, -0.25) is 9.20 Å². The van der Waals surface area contributed by atoms with Crippen molar-refractivity contribution in [2.75, 3.05) is 13.2 Å². The molecule has 0 aliphatic rings. The molecule has 0 saturated carbocycles. The molecule has 0 radical (unpaired) electrons. The van der Waals surface area contributed by atoms with E-state index in [4.69, 9.17) is 9.15 Å². The van der Waals surface area contributed by atoms with Crippen LogP contribution in [0.5, 0.6) is 0 Å². The molecule has 0 spiro atoms. The summed E-state index contributed by atoms with van der Waals surface area (Å²) in [6.45, 7) is 2.87. The molecule has 0 aromatic carbocycles. The van der Waals surface area contributed by atoms with E-state index in [-0.39, 0.29) is 29.3 Å². The lowest BCUT2D eigenvalue weighted by atomic mass is 10.1. The third-order valence-electron chi connectivity index (χ3n) is 4.01. The fourth-order valence-electron chi connectivity index (χ4n) is 2.59. The zero-order valence-electron chi connectivity index (χ0n) is 15.1. The van der Waals surface area contributed by atoms with Gasteiger partial charge in [0.05, 0.1) is 30.1 Å². The summed E-state index contributed by atoms with van der Waals surface area (Å²) in [7, 11) is 0. The van der Waals surface area contributed by atoms with Crippen molar-refractivity contribution in [1.82, 2.24) is 14.4 Å². The number of alkyl halides is 3. The third kappa shape index (κ3) is 4.30. The summed E-state index contributed by atoms with van der Waals surface area (Å²) in [5.74, 6) is -0.352. The molecule has 3 heterocycles. The molecule has 3 aromatic heterocycles. The van der Waals surface area contributed by atoms with Gasteiger partial charge in [0.1, 0.15) is 11.3 Å². The Balaban J connectivity index is 1.95. The Hall–Kier alpha value is -2.94. The van der Waals surface area contributed by atoms with E-state index in [0.717, 1.165) is 35.9 Å². The number of pyridine rings is 1. The fraction of sp³-hybridized carbons (Fsp3) is 0.316. The molecular weight excluding hydrogens is 375 g/mol. The van der Waals surface area contributed by atoms with Crippen LogP contribution in [0.15, 0.2) is 47.6 Å². The van der Waals surface area contributed by atoms with Crippen molar-refractivity contribution >= 4 is 11.4 Å². The van der Waals surface area contributed by atoms with E-state index in [1.165, 1.54) is 24.5 Å². The Morgan fingerprint density at radius 2 is 2.18 bits per heavy atom. The van der Waals surface area contributed by atoms with Crippen molar-refractivity contribution in [2.24, 2.45) is 0 Å². The molecule has 0 unspecified atom stereocenters. The van der Waals surface area contributed by atoms with Crippen LogP contribution in [0.25, 0.3) is 17.0 Å². The first-order chi connectivity index (χ1) is 13.4. The summed E-state index contributed by atoms with van der Waals surface area (Å²) in [6.07, 6.45) is 4.60. The van der Waals surface area contributed by atoms with Crippen molar-refractivity contribution in [3.63, 3.8) is 0 Å². The zero-order chi connectivity index (χ0) is 20.1. The minimum Gasteiger partial charge on any atom is -0.443 e. The Morgan fingerprint density at radius 1 is 1.36 bits per heavy atom. The first-order valence-electron chi connectivity index (χ1n) is 8.67. The Bertz CT molecular complexity index is 976. The number of rotatable bonds is 8. The highest BCUT2D eigenvalue weighted by atomic mass is 19.4. The minimum absolute atomic E-state index is 0.00618. The molecule has 0 bridgehead atoms. The largest absolute Gasteiger partial charge is 0.443 e. The predicted octanol–water partition coefficient (Wildman–Crippen LogP) is 4.56. The lowest BCUT2D eigenvalue weighted by Crippen LogP contribution is -2.09. The van der Waals surface area contributed by atoms with Gasteiger partial charge in [-0.05, 0) is 18.6 Å². The number of oxazole rings is 1. The number of halogens is 3. The number of fused-ring (bicyclic) bond motifs is 1. The summed E-state index contributed by atoms with van der Waals surface area (Å²) < 4.78 is 51.6. The Kier molecular flexibility index (Phi) is 5.93. The summed E-state index contributed by atoms with van der Waals surface area (Å²) in [5.41, 5.74) is -0.657. The van der Waals surface area contributed by atoms with Gasteiger partial charge in [0.25, 0.3) is 0 Å². The predicted molar refractivity (Wildman–Crippen MR) is 94.9 cm³/mol. The fourth-order valence-corrected chi connectivity index (χ4v) is 2.59. The number of hydrogen-bond acceptors (Lipinski definition) is 5. The number of hydrogen-bond donors (Lipinski definition) is 0. The molecule has 0 aliphatic heterocycles. The molecule has 9 heteroatoms. The van der Waals surface area contributed by atoms with Crippen LogP contribution in [0.1, 0.15) is 35.8 Å². The first-order valence-corrected chi connectivity index (χ1v) is 8.67. The number of unbranched alkanes of at least 4 members (excludes halogenated alkanes) is 1. The number of carbonyl (C=O) groups excluding carboxylic acids is 1. The van der Waals surface area contributed by atoms with Crippen LogP contribution in [0.3, 0.4) is 0 Å². The lowest BCUT2D eigenvalue weighted by Gasteiger charge is -2.10. The van der Waals surface area contributed by atoms with E-state index in [2.05, 4.69) is 9.97 Å². The quantitative estimate of drug-likeness (QED) is 0.319. The highest BCUT2D eigenvalue weighted by molar-refractivity contribution is 6.04. The number of nitrogens with zero attached hydrogens (tertiary/aromatic N) is 3. The Labute approximate surface area is 158 Å². The number of imidazole rings is 1. The molecule has 0 atom stereocenters. The van der Waals surface area contributed by atoms with Gasteiger partial charge < -0.3 is 9.15 Å². The Morgan fingerprint density at radius 3 is 2.86 bits per heavy atom. The van der Waals surface area contributed by atoms with Crippen molar-refractivity contribution in [3.8, 4) is 11.3 Å². The zero-order valence-corrected chi connectivity index (χ0v) is 15.1. The average molecular weight is 393 g/mol. The normalized spacial score (nSPS) is 12.3. The summed E-state index contributed by atoms with van der Waals surface area (Å²) in [4.78, 5) is 20.3. The van der Waals surface area contributed by atoms with Crippen LogP contribution in [-0.4, -0.2) is 33.4 Å². The summed E-state index contributed by atoms with van der Waals surface area (Å²) >= 11 is 0. The second kappa shape index (κ2) is 8.39. The van der Waals surface area contributed by atoms with Crippen molar-refractivity contribution in [3.05, 3.63) is 54.5 Å². The smallest absolute Gasteiger partial charge is 0.417 e. The lowest BCUT2D eigenvalue weighted by molar-refractivity contribution is -0.137. The minimum atomic E-state index is -4.60. The average Bonchev–Trinajstić information content (AvgIpc) is 3.32. The second-order valence-corrected chi connectivity index (χ2v) is 6.04. The van der Waals surface area contributed by atoms with Gasteiger partial charge >= 0.3 is 6.18 Å². The summed E-state index contributed by atoms with van der Waals surface area (Å²) in [6, 6.07) is 0.925. The van der Waals surface area contributed by atoms with Gasteiger partial charge in [0.15, 0.2) is 12.2 Å². The third-order valence-corrected chi connectivity index (χ3v) is 4.01. The van der Waals surface area contributed by atoms with Gasteiger partial charge in [0, 0.05) is 12.8 Å². The SMILES string of the molecule is CCCCOC/C=C/C(=O)c1cnc2c(-c3cnco3)cc(C(F)(F)F)cn12. The van der Waals surface area contributed by atoms with Gasteiger partial charge in [-0.25, -0.2) is 9.97 Å². The van der Waals surface area contributed by atoms with Crippen LogP contribution in [0.2, 0.25) is 0 Å². The number of allylic oxidation sites excluding steroid dienone is 1. The van der Waals surface area contributed by atoms with E-state index in [1.54, 1.807) is 0 Å². The summed E-state index contributed by atoms with van der Waals surface area (Å²) in [5, 5.41) is 0. The number of ether oxygens (including phenoxy) is 1. The van der Waals surface area contributed by atoms with Crippen molar-refractivity contribution in [2.45, 2.75) is 25.9 Å². The molecule has 6 nitrogen and oxygen atoms in total. The first kappa shape index (κ1) is 19.8. The van der Waals surface area contributed by atoms with Crippen LogP contribution in [-0.2, 0) is 10.9 Å². The highest BCUT2D eigenvalue weighted by Crippen LogP contribution is 2.34. The molecule has 148 valence electrons. The van der Waals surface area contributed by atoms with E-state index in [1.807, 2.05) is 6.92 Å². The number of ketones is 1. The standard InChI is InChI=1S/C19H18F3N3O3/c1-2-3-6-27-7-4-5-16(26)15-9-24-18-14(17-10-23-12-28-17)8-13(11-25(15)18)19(20,21)22/h4-5,8-12H,2-3,6-7H2,1H3/b5-4+. The number of carbonyl (C=O) groups is 1. The van der Waals surface area contributed by atoms with E-state index in [0.29, 0.717) is 6.61 Å². The van der Waals surface area contributed by atoms with Crippen LogP contribution >= 0.6 is 0 Å². The molecule has 0 saturated heterocycles. The van der Waals surface area contributed by atoms with Gasteiger partial charge in [0.2, 0.25) is 5.78 Å². The number of aromatic nitrogens is 3. The molecular formula is C19H18F3N3O3. The monoisotopic (exact) mass is 393 g/mol. The maximum absolute atomic E-state index is 13.3. The van der Waals surface area contributed by atoms with Crippen molar-refractivity contribution in [1.29, 1.82) is 0 Å². The molecule has 0 N–H and O–H groups in total. The van der Waals surface area contributed by atoms with Crippen molar-refractivity contribution < 1.29 is 27.1 Å². The van der Waals surface area contributed by atoms with Crippen LogP contribution in [0.4, 0.5) is 13.2 Å². The van der Waals surface area contributed by atoms with Crippen LogP contribution in [0, 0.1) is 0 Å². The molecule has 0 amide bonds. The van der Waals surface area contributed by atoms with E-state index >= 15 is 0 Å². The molecule has 28 heavy (non-hydrogen) atoms. The molecule has 0 aliphatic carbocycles. The molecule has 3 aromatic rings. The van der Waals surface area contributed by atoms with E-state index < -0.39 is 17.5 Å². The van der Waals surface area contributed by atoms with Gasteiger partial charge in [-0.1, -0.05) is 19.4 Å². The maximum atomic E-state index is 13.3. The van der Waals surface area contributed by atoms with Crippen LogP contribution < -0.4 is 0 Å². The highest BCUT2D eigenvalue weighted by Gasteiger charge is 2.33.